The maximum absolute atomic E-state index is 9.52. The third kappa shape index (κ3) is 3.82. The van der Waals surface area contributed by atoms with Crippen LogP contribution in [0, 0.1) is 5.41 Å². The SMILES string of the molecule is CC1(C)CCC(NC(CO)Cc2ccccc2)C1. The normalized spacial score (nSPS) is 24.1. The monoisotopic (exact) mass is 247 g/mol. The summed E-state index contributed by atoms with van der Waals surface area (Å²) in [5, 5.41) is 13.1. The van der Waals surface area contributed by atoms with Gasteiger partial charge in [-0.1, -0.05) is 44.2 Å². The van der Waals surface area contributed by atoms with Crippen molar-refractivity contribution in [2.45, 2.75) is 51.6 Å². The second-order valence-corrected chi connectivity index (χ2v) is 6.34. The minimum atomic E-state index is 0.186. The van der Waals surface area contributed by atoms with Crippen LogP contribution < -0.4 is 5.32 Å². The van der Waals surface area contributed by atoms with Gasteiger partial charge in [0.2, 0.25) is 0 Å². The lowest BCUT2D eigenvalue weighted by Gasteiger charge is -2.23. The lowest BCUT2D eigenvalue weighted by molar-refractivity contribution is 0.227. The lowest BCUT2D eigenvalue weighted by atomic mass is 9.91. The fourth-order valence-electron chi connectivity index (χ4n) is 2.99. The molecule has 0 bridgehead atoms. The van der Waals surface area contributed by atoms with E-state index in [0.717, 1.165) is 6.42 Å². The summed E-state index contributed by atoms with van der Waals surface area (Å²) in [4.78, 5) is 0. The Morgan fingerprint density at radius 3 is 2.61 bits per heavy atom. The summed E-state index contributed by atoms with van der Waals surface area (Å²) in [6.07, 6.45) is 4.65. The van der Waals surface area contributed by atoms with Gasteiger partial charge < -0.3 is 10.4 Å². The molecule has 18 heavy (non-hydrogen) atoms. The molecule has 2 N–H and O–H groups in total. The van der Waals surface area contributed by atoms with E-state index in [1.165, 1.54) is 24.8 Å². The van der Waals surface area contributed by atoms with Crippen molar-refractivity contribution in [3.05, 3.63) is 35.9 Å². The van der Waals surface area contributed by atoms with Gasteiger partial charge in [-0.15, -0.1) is 0 Å². The highest BCUT2D eigenvalue weighted by Gasteiger charge is 2.31. The summed E-state index contributed by atoms with van der Waals surface area (Å²) < 4.78 is 0. The Kier molecular flexibility index (Phi) is 4.41. The topological polar surface area (TPSA) is 32.3 Å². The minimum absolute atomic E-state index is 0.186. The number of rotatable bonds is 5. The molecular weight excluding hydrogens is 222 g/mol. The fourth-order valence-corrected chi connectivity index (χ4v) is 2.99. The van der Waals surface area contributed by atoms with Gasteiger partial charge in [-0.05, 0) is 36.7 Å². The molecule has 0 aliphatic heterocycles. The number of nitrogens with one attached hydrogen (secondary N) is 1. The first-order valence-corrected chi connectivity index (χ1v) is 7.00. The average molecular weight is 247 g/mol. The Morgan fingerprint density at radius 2 is 2.06 bits per heavy atom. The van der Waals surface area contributed by atoms with Gasteiger partial charge in [-0.2, -0.15) is 0 Å². The van der Waals surface area contributed by atoms with E-state index in [-0.39, 0.29) is 12.6 Å². The van der Waals surface area contributed by atoms with Gasteiger partial charge in [0.1, 0.15) is 0 Å². The number of aliphatic hydroxyl groups excluding tert-OH is 1. The predicted octanol–water partition coefficient (Wildman–Crippen LogP) is 2.76. The van der Waals surface area contributed by atoms with Crippen molar-refractivity contribution in [3.8, 4) is 0 Å². The zero-order chi connectivity index (χ0) is 13.0. The molecule has 2 unspecified atom stereocenters. The zero-order valence-corrected chi connectivity index (χ0v) is 11.5. The van der Waals surface area contributed by atoms with Crippen LogP contribution >= 0.6 is 0 Å². The van der Waals surface area contributed by atoms with Crippen molar-refractivity contribution in [2.75, 3.05) is 6.61 Å². The Hall–Kier alpha value is -0.860. The molecule has 100 valence electrons. The van der Waals surface area contributed by atoms with Crippen molar-refractivity contribution in [2.24, 2.45) is 5.41 Å². The smallest absolute Gasteiger partial charge is 0.0587 e. The average Bonchev–Trinajstić information content (AvgIpc) is 2.69. The summed E-state index contributed by atoms with van der Waals surface area (Å²) in [6, 6.07) is 11.2. The highest BCUT2D eigenvalue weighted by atomic mass is 16.3. The number of benzene rings is 1. The van der Waals surface area contributed by atoms with Crippen LogP contribution in [0.5, 0.6) is 0 Å². The van der Waals surface area contributed by atoms with Crippen molar-refractivity contribution in [1.82, 2.24) is 5.32 Å². The molecule has 0 heterocycles. The van der Waals surface area contributed by atoms with Gasteiger partial charge in [-0.3, -0.25) is 0 Å². The van der Waals surface area contributed by atoms with Gasteiger partial charge in [0, 0.05) is 12.1 Å². The molecular formula is C16H25NO. The summed E-state index contributed by atoms with van der Waals surface area (Å²) in [5.74, 6) is 0. The van der Waals surface area contributed by atoms with Crippen molar-refractivity contribution in [3.63, 3.8) is 0 Å². The molecule has 1 fully saturated rings. The largest absolute Gasteiger partial charge is 0.395 e. The van der Waals surface area contributed by atoms with Gasteiger partial charge in [0.15, 0.2) is 0 Å². The Labute approximate surface area is 110 Å². The molecule has 1 aromatic carbocycles. The van der Waals surface area contributed by atoms with E-state index in [1.54, 1.807) is 0 Å². The second-order valence-electron chi connectivity index (χ2n) is 6.34. The maximum Gasteiger partial charge on any atom is 0.0587 e. The van der Waals surface area contributed by atoms with Crippen molar-refractivity contribution < 1.29 is 5.11 Å². The molecule has 2 heteroatoms. The molecule has 2 nitrogen and oxygen atoms in total. The highest BCUT2D eigenvalue weighted by Crippen LogP contribution is 2.37. The van der Waals surface area contributed by atoms with E-state index >= 15 is 0 Å². The van der Waals surface area contributed by atoms with Crippen LogP contribution in [0.2, 0.25) is 0 Å². The Bertz CT molecular complexity index is 361. The number of hydrogen-bond donors (Lipinski definition) is 2. The summed E-state index contributed by atoms with van der Waals surface area (Å²) in [6.45, 7) is 4.88. The molecule has 1 aliphatic rings. The molecule has 1 saturated carbocycles. The zero-order valence-electron chi connectivity index (χ0n) is 11.5. The quantitative estimate of drug-likeness (QED) is 0.838. The third-order valence-corrected chi connectivity index (χ3v) is 3.99. The molecule has 2 rings (SSSR count). The molecule has 2 atom stereocenters. The third-order valence-electron chi connectivity index (χ3n) is 3.99. The molecule has 0 radical (unpaired) electrons. The van der Waals surface area contributed by atoms with Gasteiger partial charge in [0.25, 0.3) is 0 Å². The van der Waals surface area contributed by atoms with Gasteiger partial charge >= 0.3 is 0 Å². The van der Waals surface area contributed by atoms with E-state index in [2.05, 4.69) is 43.4 Å². The van der Waals surface area contributed by atoms with Crippen LogP contribution in [0.25, 0.3) is 0 Å². The van der Waals surface area contributed by atoms with Crippen LogP contribution in [0.15, 0.2) is 30.3 Å². The molecule has 0 spiro atoms. The van der Waals surface area contributed by atoms with E-state index in [0.29, 0.717) is 11.5 Å². The maximum atomic E-state index is 9.52. The molecule has 1 aromatic rings. The summed E-state index contributed by atoms with van der Waals surface area (Å²) >= 11 is 0. The standard InChI is InChI=1S/C16H25NO/c1-16(2)9-8-14(11-16)17-15(12-18)10-13-6-4-3-5-7-13/h3-7,14-15,17-18H,8-12H2,1-2H3. The first-order valence-electron chi connectivity index (χ1n) is 7.00. The lowest BCUT2D eigenvalue weighted by Crippen LogP contribution is -2.41. The molecule has 0 aromatic heterocycles. The van der Waals surface area contributed by atoms with Crippen LogP contribution in [-0.4, -0.2) is 23.8 Å². The van der Waals surface area contributed by atoms with E-state index < -0.39 is 0 Å². The second kappa shape index (κ2) is 5.85. The van der Waals surface area contributed by atoms with Crippen LogP contribution in [0.4, 0.5) is 0 Å². The summed E-state index contributed by atoms with van der Waals surface area (Å²) in [5.41, 5.74) is 1.76. The predicted molar refractivity (Wildman–Crippen MR) is 75.6 cm³/mol. The van der Waals surface area contributed by atoms with Crippen molar-refractivity contribution in [1.29, 1.82) is 0 Å². The fraction of sp³-hybridized carbons (Fsp3) is 0.625. The van der Waals surface area contributed by atoms with Crippen LogP contribution in [0.1, 0.15) is 38.7 Å². The molecule has 0 saturated heterocycles. The Balaban J connectivity index is 1.87. The van der Waals surface area contributed by atoms with Gasteiger partial charge in [0.05, 0.1) is 6.61 Å². The van der Waals surface area contributed by atoms with Crippen molar-refractivity contribution >= 4 is 0 Å². The first-order chi connectivity index (χ1) is 8.59. The van der Waals surface area contributed by atoms with E-state index in [4.69, 9.17) is 0 Å². The minimum Gasteiger partial charge on any atom is -0.395 e. The molecule has 1 aliphatic carbocycles. The summed E-state index contributed by atoms with van der Waals surface area (Å²) in [7, 11) is 0. The number of aliphatic hydroxyl groups is 1. The van der Waals surface area contributed by atoms with Gasteiger partial charge in [-0.25, -0.2) is 0 Å². The highest BCUT2D eigenvalue weighted by molar-refractivity contribution is 5.16. The number of hydrogen-bond acceptors (Lipinski definition) is 2. The van der Waals surface area contributed by atoms with Crippen LogP contribution in [-0.2, 0) is 6.42 Å². The van der Waals surface area contributed by atoms with Crippen LogP contribution in [0.3, 0.4) is 0 Å². The first kappa shape index (κ1) is 13.6. The van der Waals surface area contributed by atoms with E-state index in [9.17, 15) is 5.11 Å². The molecule has 0 amide bonds. The van der Waals surface area contributed by atoms with E-state index in [1.807, 2.05) is 6.07 Å². The Morgan fingerprint density at radius 1 is 1.33 bits per heavy atom.